The van der Waals surface area contributed by atoms with Gasteiger partial charge in [0.15, 0.2) is 5.96 Å². The predicted octanol–water partition coefficient (Wildman–Crippen LogP) is 4.49. The zero-order valence-corrected chi connectivity index (χ0v) is 20.6. The predicted molar refractivity (Wildman–Crippen MR) is 129 cm³/mol. The molecule has 168 valence electrons. The minimum absolute atomic E-state index is 0. The third-order valence-corrected chi connectivity index (χ3v) is 6.25. The van der Waals surface area contributed by atoms with Crippen molar-refractivity contribution in [3.8, 4) is 0 Å². The van der Waals surface area contributed by atoms with E-state index in [-0.39, 0.29) is 42.4 Å². The number of rotatable bonds is 8. The summed E-state index contributed by atoms with van der Waals surface area (Å²) in [6, 6.07) is 4.54. The number of nitrogens with one attached hydrogen (secondary N) is 2. The van der Waals surface area contributed by atoms with Crippen molar-refractivity contribution in [3.05, 3.63) is 40.6 Å². The van der Waals surface area contributed by atoms with E-state index in [1.807, 2.05) is 6.92 Å². The van der Waals surface area contributed by atoms with Gasteiger partial charge in [-0.2, -0.15) is 8.78 Å². The molecule has 1 saturated heterocycles. The normalized spacial score (nSPS) is 17.0. The summed E-state index contributed by atoms with van der Waals surface area (Å²) in [6.07, 6.45) is 5.08. The second-order valence-electron chi connectivity index (χ2n) is 7.35. The third kappa shape index (κ3) is 6.88. The highest BCUT2D eigenvalue weighted by atomic mass is 127. The molecule has 6 nitrogen and oxygen atoms in total. The molecule has 1 fully saturated rings. The van der Waals surface area contributed by atoms with Crippen LogP contribution in [0.1, 0.15) is 50.0 Å². The average molecular weight is 552 g/mol. The maximum Gasteiger partial charge on any atom is 0.319 e. The van der Waals surface area contributed by atoms with Gasteiger partial charge in [-0.15, -0.1) is 35.3 Å². The van der Waals surface area contributed by atoms with Gasteiger partial charge >= 0.3 is 6.55 Å². The molecule has 1 unspecified atom stereocenters. The minimum atomic E-state index is -2.61. The van der Waals surface area contributed by atoms with E-state index in [1.54, 1.807) is 11.3 Å². The van der Waals surface area contributed by atoms with E-state index in [2.05, 4.69) is 49.9 Å². The Morgan fingerprint density at radius 3 is 2.73 bits per heavy atom. The molecule has 2 aromatic heterocycles. The average Bonchev–Trinajstić information content (AvgIpc) is 3.39. The van der Waals surface area contributed by atoms with Gasteiger partial charge in [-0.25, -0.2) is 9.98 Å². The van der Waals surface area contributed by atoms with Crippen LogP contribution in [-0.2, 0) is 6.54 Å². The van der Waals surface area contributed by atoms with Gasteiger partial charge in [-0.1, -0.05) is 13.0 Å². The molecule has 1 atom stereocenters. The fourth-order valence-corrected chi connectivity index (χ4v) is 4.42. The summed E-state index contributed by atoms with van der Waals surface area (Å²) in [5, 5.41) is 8.72. The molecule has 0 aliphatic carbocycles. The molecule has 0 bridgehead atoms. The van der Waals surface area contributed by atoms with Crippen molar-refractivity contribution < 1.29 is 8.78 Å². The summed E-state index contributed by atoms with van der Waals surface area (Å²) in [5.41, 5.74) is 0. The molecule has 3 rings (SSSR count). The van der Waals surface area contributed by atoms with Crippen LogP contribution in [0.5, 0.6) is 0 Å². The lowest BCUT2D eigenvalue weighted by Gasteiger charge is -2.36. The molecule has 2 aromatic rings. The van der Waals surface area contributed by atoms with Crippen LogP contribution < -0.4 is 10.6 Å². The third-order valence-electron chi connectivity index (χ3n) is 5.28. The maximum absolute atomic E-state index is 13.0. The molecular formula is C20H31F2IN6S. The number of hydrogen-bond acceptors (Lipinski definition) is 4. The van der Waals surface area contributed by atoms with Crippen molar-refractivity contribution in [2.75, 3.05) is 26.2 Å². The first-order valence-corrected chi connectivity index (χ1v) is 11.1. The summed E-state index contributed by atoms with van der Waals surface area (Å²) >= 11 is 1.77. The first-order chi connectivity index (χ1) is 14.1. The molecule has 30 heavy (non-hydrogen) atoms. The Labute approximate surface area is 198 Å². The van der Waals surface area contributed by atoms with Crippen LogP contribution in [0, 0.1) is 5.92 Å². The Kier molecular flexibility index (Phi) is 10.5. The molecule has 10 heteroatoms. The van der Waals surface area contributed by atoms with Crippen LogP contribution in [0.15, 0.2) is 34.9 Å². The van der Waals surface area contributed by atoms with Gasteiger partial charge in [0.1, 0.15) is 12.4 Å². The molecular weight excluding hydrogens is 521 g/mol. The van der Waals surface area contributed by atoms with Crippen LogP contribution in [0.3, 0.4) is 0 Å². The molecule has 1 aliphatic rings. The largest absolute Gasteiger partial charge is 0.357 e. The first kappa shape index (κ1) is 25.0. The number of thiophene rings is 1. The highest BCUT2D eigenvalue weighted by Crippen LogP contribution is 2.29. The summed E-state index contributed by atoms with van der Waals surface area (Å²) in [6.45, 7) is 5.37. The summed E-state index contributed by atoms with van der Waals surface area (Å²) in [5.74, 6) is 1.64. The Bertz CT molecular complexity index is 759. The highest BCUT2D eigenvalue weighted by Gasteiger charge is 2.25. The number of aliphatic imine (C=N–C) groups is 1. The van der Waals surface area contributed by atoms with E-state index in [9.17, 15) is 8.78 Å². The van der Waals surface area contributed by atoms with Gasteiger partial charge in [0, 0.05) is 30.4 Å². The molecule has 0 aromatic carbocycles. The number of nitrogens with zero attached hydrogens (tertiary/aromatic N) is 4. The maximum atomic E-state index is 13.0. The smallest absolute Gasteiger partial charge is 0.319 e. The van der Waals surface area contributed by atoms with Crippen LogP contribution in [-0.4, -0.2) is 46.6 Å². The fourth-order valence-electron chi connectivity index (χ4n) is 3.56. The molecule has 2 N–H and O–H groups in total. The van der Waals surface area contributed by atoms with Crippen molar-refractivity contribution in [2.45, 2.75) is 45.8 Å². The van der Waals surface area contributed by atoms with E-state index in [0.717, 1.165) is 23.6 Å². The van der Waals surface area contributed by atoms with E-state index in [0.29, 0.717) is 19.0 Å². The number of piperidine rings is 1. The van der Waals surface area contributed by atoms with E-state index < -0.39 is 6.55 Å². The zero-order chi connectivity index (χ0) is 20.6. The van der Waals surface area contributed by atoms with Crippen molar-refractivity contribution in [1.29, 1.82) is 0 Å². The summed E-state index contributed by atoms with van der Waals surface area (Å²) in [7, 11) is 0. The van der Waals surface area contributed by atoms with Crippen LogP contribution >= 0.6 is 35.3 Å². The second-order valence-corrected chi connectivity index (χ2v) is 8.33. The quantitative estimate of drug-likeness (QED) is 0.288. The van der Waals surface area contributed by atoms with Crippen LogP contribution in [0.2, 0.25) is 0 Å². The number of hydrogen-bond donors (Lipinski definition) is 2. The van der Waals surface area contributed by atoms with Gasteiger partial charge in [-0.3, -0.25) is 9.47 Å². The molecule has 0 amide bonds. The SMILES string of the molecule is CCNC(=NCc1nccn1C(F)F)NCC(c1cccs1)N1CCC(C)CC1.I. The number of likely N-dealkylation sites (tertiary alicyclic amines) is 1. The lowest BCUT2D eigenvalue weighted by atomic mass is 9.97. The molecule has 0 radical (unpaired) electrons. The Morgan fingerprint density at radius 1 is 1.33 bits per heavy atom. The van der Waals surface area contributed by atoms with E-state index in [4.69, 9.17) is 0 Å². The lowest BCUT2D eigenvalue weighted by Crippen LogP contribution is -2.45. The second kappa shape index (κ2) is 12.6. The Balaban J connectivity index is 0.00000320. The van der Waals surface area contributed by atoms with Crippen molar-refractivity contribution in [2.24, 2.45) is 10.9 Å². The molecule has 0 saturated carbocycles. The Hall–Kier alpha value is -1.27. The van der Waals surface area contributed by atoms with E-state index in [1.165, 1.54) is 30.1 Å². The first-order valence-electron chi connectivity index (χ1n) is 10.2. The van der Waals surface area contributed by atoms with Crippen molar-refractivity contribution in [1.82, 2.24) is 25.1 Å². The standard InChI is InChI=1S/C20H30F2N6S.HI/c1-3-23-20(26-14-18-24-8-11-28(18)19(21)22)25-13-16(17-5-4-12-29-17)27-9-6-15(2)7-10-27;/h4-5,8,11-12,15-16,19H,3,6-7,9-10,13-14H2,1-2H3,(H2,23,25,26);1H. The van der Waals surface area contributed by atoms with Crippen molar-refractivity contribution in [3.63, 3.8) is 0 Å². The Morgan fingerprint density at radius 2 is 2.10 bits per heavy atom. The highest BCUT2D eigenvalue weighted by molar-refractivity contribution is 14.0. The number of alkyl halides is 2. The molecule has 0 spiro atoms. The van der Waals surface area contributed by atoms with Gasteiger partial charge in [0.2, 0.25) is 0 Å². The van der Waals surface area contributed by atoms with E-state index >= 15 is 0 Å². The summed E-state index contributed by atoms with van der Waals surface area (Å²) < 4.78 is 26.9. The fraction of sp³-hybridized carbons (Fsp3) is 0.600. The van der Waals surface area contributed by atoms with Crippen LogP contribution in [0.25, 0.3) is 0 Å². The lowest BCUT2D eigenvalue weighted by molar-refractivity contribution is 0.0671. The van der Waals surface area contributed by atoms with Gasteiger partial charge in [-0.05, 0) is 50.2 Å². The minimum Gasteiger partial charge on any atom is -0.357 e. The number of aromatic nitrogens is 2. The number of guanidine groups is 1. The molecule has 3 heterocycles. The topological polar surface area (TPSA) is 57.5 Å². The monoisotopic (exact) mass is 552 g/mol. The van der Waals surface area contributed by atoms with Crippen molar-refractivity contribution >= 4 is 41.3 Å². The van der Waals surface area contributed by atoms with Crippen LogP contribution in [0.4, 0.5) is 8.78 Å². The zero-order valence-electron chi connectivity index (χ0n) is 17.4. The number of halogens is 3. The van der Waals surface area contributed by atoms with Gasteiger partial charge < -0.3 is 10.6 Å². The van der Waals surface area contributed by atoms with Gasteiger partial charge in [0.05, 0.1) is 6.04 Å². The van der Waals surface area contributed by atoms with Gasteiger partial charge in [0.25, 0.3) is 0 Å². The number of imidazole rings is 1. The summed E-state index contributed by atoms with van der Waals surface area (Å²) in [4.78, 5) is 12.3. The molecule has 1 aliphatic heterocycles.